The maximum absolute atomic E-state index is 11.3. The van der Waals surface area contributed by atoms with Gasteiger partial charge in [-0.15, -0.1) is 0 Å². The first-order valence-corrected chi connectivity index (χ1v) is 12.4. The molecule has 4 heterocycles. The van der Waals surface area contributed by atoms with Crippen LogP contribution in [0, 0.1) is 23.7 Å². The largest absolute Gasteiger partial charge is 0.481 e. The number of benzene rings is 1. The minimum Gasteiger partial charge on any atom is -0.481 e. The normalized spacial score (nSPS) is 42.9. The number of ether oxygens (including phenoxy) is 3. The van der Waals surface area contributed by atoms with Crippen molar-refractivity contribution in [2.24, 2.45) is 23.7 Å². The maximum atomic E-state index is 11.3. The van der Waals surface area contributed by atoms with Crippen LogP contribution in [0.25, 0.3) is 0 Å². The number of fused-ring (bicyclic) bond motifs is 2. The highest BCUT2D eigenvalue weighted by atomic mass is 35.5. The van der Waals surface area contributed by atoms with Gasteiger partial charge < -0.3 is 19.3 Å². The van der Waals surface area contributed by atoms with Crippen LogP contribution in [0.1, 0.15) is 71.0 Å². The van der Waals surface area contributed by atoms with E-state index in [1.807, 2.05) is 19.1 Å². The van der Waals surface area contributed by atoms with Gasteiger partial charge >= 0.3 is 5.97 Å². The highest BCUT2D eigenvalue weighted by Gasteiger charge is 2.69. The van der Waals surface area contributed by atoms with Gasteiger partial charge in [0.2, 0.25) is 5.79 Å². The van der Waals surface area contributed by atoms with E-state index in [9.17, 15) is 9.90 Å². The molecule has 6 rings (SSSR count). The summed E-state index contributed by atoms with van der Waals surface area (Å²) in [6.45, 7) is 6.32. The lowest BCUT2D eigenvalue weighted by molar-refractivity contribution is -0.578. The first kappa shape index (κ1) is 23.5. The van der Waals surface area contributed by atoms with Gasteiger partial charge in [0.15, 0.2) is 18.2 Å². The molecular formula is C25H33ClO7. The molecule has 1 aliphatic carbocycles. The molecule has 2 bridgehead atoms. The highest BCUT2D eigenvalue weighted by Crippen LogP contribution is 2.60. The summed E-state index contributed by atoms with van der Waals surface area (Å²) >= 11 is 6.07. The summed E-state index contributed by atoms with van der Waals surface area (Å²) in [6, 6.07) is 7.34. The van der Waals surface area contributed by atoms with Crippen molar-refractivity contribution in [3.63, 3.8) is 0 Å². The summed E-state index contributed by atoms with van der Waals surface area (Å²) < 4.78 is 19.4. The minimum atomic E-state index is -0.860. The molecule has 7 nitrogen and oxygen atoms in total. The van der Waals surface area contributed by atoms with Gasteiger partial charge in [0.05, 0.1) is 6.10 Å². The van der Waals surface area contributed by atoms with E-state index in [0.29, 0.717) is 17.4 Å². The van der Waals surface area contributed by atoms with Gasteiger partial charge in [-0.05, 0) is 62.1 Å². The number of rotatable bonds is 6. The molecule has 9 atom stereocenters. The van der Waals surface area contributed by atoms with E-state index in [4.69, 9.17) is 35.6 Å². The van der Waals surface area contributed by atoms with Gasteiger partial charge in [0, 0.05) is 29.7 Å². The summed E-state index contributed by atoms with van der Waals surface area (Å²) in [7, 11) is 0. The van der Waals surface area contributed by atoms with Crippen LogP contribution in [0.4, 0.5) is 0 Å². The molecule has 5 aliphatic rings. The van der Waals surface area contributed by atoms with Crippen LogP contribution in [0.3, 0.4) is 0 Å². The lowest BCUT2D eigenvalue weighted by Gasteiger charge is -2.60. The number of halogens is 1. The third kappa shape index (κ3) is 4.11. The molecule has 33 heavy (non-hydrogen) atoms. The van der Waals surface area contributed by atoms with E-state index in [1.165, 1.54) is 0 Å². The third-order valence-electron chi connectivity index (χ3n) is 8.26. The summed E-state index contributed by atoms with van der Waals surface area (Å²) in [4.78, 5) is 23.4. The molecule has 0 amide bonds. The number of aliphatic carboxylic acids is 1. The fourth-order valence-electron chi connectivity index (χ4n) is 6.43. The molecule has 4 saturated heterocycles. The molecule has 1 aromatic carbocycles. The van der Waals surface area contributed by atoms with Gasteiger partial charge in [-0.3, -0.25) is 4.79 Å². The molecule has 1 aromatic rings. The van der Waals surface area contributed by atoms with E-state index in [0.717, 1.165) is 31.2 Å². The van der Waals surface area contributed by atoms with Crippen molar-refractivity contribution < 1.29 is 33.9 Å². The average molecular weight is 481 g/mol. The zero-order valence-electron chi connectivity index (χ0n) is 19.4. The van der Waals surface area contributed by atoms with Gasteiger partial charge in [-0.25, -0.2) is 9.78 Å². The van der Waals surface area contributed by atoms with Gasteiger partial charge in [-0.1, -0.05) is 37.6 Å². The lowest BCUT2D eigenvalue weighted by Crippen LogP contribution is -2.70. The highest BCUT2D eigenvalue weighted by molar-refractivity contribution is 6.30. The first-order chi connectivity index (χ1) is 15.7. The summed E-state index contributed by atoms with van der Waals surface area (Å²) in [5.41, 5.74) is 0.228. The second-order valence-corrected chi connectivity index (χ2v) is 10.8. The standard InChI is InChI=1S/C25H33ClO7/c1-14-4-9-19-15(2)22(29-20(10-11-21(27)28)16-5-7-17(26)8-6-16)30-23-25(19)18(14)12-13-24(3,31-23)32-33-25/h5-8,14-15,18-20,22-23H,4,9-13H2,1-3H3,(H,27,28)/t14-,15-,18+,19?,20?,22+,23-,24?,25?/m1/s1. The molecule has 1 N–H and O–H groups in total. The van der Waals surface area contributed by atoms with Crippen LogP contribution < -0.4 is 0 Å². The Morgan fingerprint density at radius 1 is 1.18 bits per heavy atom. The second-order valence-electron chi connectivity index (χ2n) is 10.4. The fraction of sp³-hybridized carbons (Fsp3) is 0.720. The quantitative estimate of drug-likeness (QED) is 0.540. The van der Waals surface area contributed by atoms with Gasteiger partial charge in [0.1, 0.15) is 0 Å². The molecular weight excluding hydrogens is 448 g/mol. The molecule has 1 spiro atoms. The predicted molar refractivity (Wildman–Crippen MR) is 119 cm³/mol. The van der Waals surface area contributed by atoms with Crippen molar-refractivity contribution in [1.82, 2.24) is 0 Å². The second kappa shape index (κ2) is 8.77. The number of carbonyl (C=O) groups is 1. The Bertz CT molecular complexity index is 878. The van der Waals surface area contributed by atoms with Crippen LogP contribution >= 0.6 is 11.6 Å². The fourth-order valence-corrected chi connectivity index (χ4v) is 6.56. The molecule has 182 valence electrons. The Kier molecular flexibility index (Phi) is 6.25. The van der Waals surface area contributed by atoms with Gasteiger partial charge in [-0.2, -0.15) is 0 Å². The Hall–Kier alpha value is -1.22. The Morgan fingerprint density at radius 3 is 2.67 bits per heavy atom. The smallest absolute Gasteiger partial charge is 0.303 e. The summed E-state index contributed by atoms with van der Waals surface area (Å²) in [5, 5.41) is 9.90. The maximum Gasteiger partial charge on any atom is 0.303 e. The van der Waals surface area contributed by atoms with E-state index in [-0.39, 0.29) is 24.2 Å². The first-order valence-electron chi connectivity index (χ1n) is 12.0. The van der Waals surface area contributed by atoms with Crippen molar-refractivity contribution in [2.45, 2.75) is 89.4 Å². The molecule has 0 aromatic heterocycles. The van der Waals surface area contributed by atoms with E-state index in [1.54, 1.807) is 12.1 Å². The van der Waals surface area contributed by atoms with Crippen molar-refractivity contribution >= 4 is 17.6 Å². The van der Waals surface area contributed by atoms with Crippen molar-refractivity contribution in [1.29, 1.82) is 0 Å². The van der Waals surface area contributed by atoms with Crippen LogP contribution in [-0.4, -0.2) is 35.0 Å². The Labute approximate surface area is 199 Å². The van der Waals surface area contributed by atoms with Crippen LogP contribution in [0.5, 0.6) is 0 Å². The zero-order chi connectivity index (χ0) is 23.4. The summed E-state index contributed by atoms with van der Waals surface area (Å²) in [5.74, 6) is -0.765. The molecule has 5 fully saturated rings. The molecule has 1 saturated carbocycles. The molecule has 4 unspecified atom stereocenters. The predicted octanol–water partition coefficient (Wildman–Crippen LogP) is 5.47. The SMILES string of the molecule is C[C@@H]1CCC2[C@@H](C)[C@@H](OC(CCC(=O)O)c3ccc(Cl)cc3)O[C@@H]3OC4(C)CC[C@@H]1C23OO4. The number of hydrogen-bond acceptors (Lipinski definition) is 6. The Balaban J connectivity index is 1.43. The Morgan fingerprint density at radius 2 is 1.94 bits per heavy atom. The van der Waals surface area contributed by atoms with E-state index in [2.05, 4.69) is 13.8 Å². The minimum absolute atomic E-state index is 0.00367. The third-order valence-corrected chi connectivity index (χ3v) is 8.51. The monoisotopic (exact) mass is 480 g/mol. The molecule has 4 aliphatic heterocycles. The van der Waals surface area contributed by atoms with Crippen LogP contribution in [0.15, 0.2) is 24.3 Å². The zero-order valence-corrected chi connectivity index (χ0v) is 20.1. The van der Waals surface area contributed by atoms with Crippen molar-refractivity contribution in [2.75, 3.05) is 0 Å². The summed E-state index contributed by atoms with van der Waals surface area (Å²) in [6.07, 6.45) is 2.56. The number of hydrogen-bond donors (Lipinski definition) is 1. The van der Waals surface area contributed by atoms with Crippen molar-refractivity contribution in [3.8, 4) is 0 Å². The van der Waals surface area contributed by atoms with E-state index >= 15 is 0 Å². The lowest BCUT2D eigenvalue weighted by atomic mass is 9.58. The van der Waals surface area contributed by atoms with Crippen LogP contribution in [-0.2, 0) is 28.8 Å². The van der Waals surface area contributed by atoms with Crippen LogP contribution in [0.2, 0.25) is 5.02 Å². The van der Waals surface area contributed by atoms with Gasteiger partial charge in [0.25, 0.3) is 0 Å². The number of carboxylic acids is 1. The topological polar surface area (TPSA) is 83.5 Å². The number of carboxylic acid groups (broad SMARTS) is 1. The molecule has 8 heteroatoms. The molecule has 0 radical (unpaired) electrons. The van der Waals surface area contributed by atoms with E-state index < -0.39 is 36.0 Å². The van der Waals surface area contributed by atoms with Crippen molar-refractivity contribution in [3.05, 3.63) is 34.9 Å². The average Bonchev–Trinajstić information content (AvgIpc) is 3.01.